The molecule has 3 aliphatic carbocycles. The van der Waals surface area contributed by atoms with Gasteiger partial charge in [-0.15, -0.1) is 0 Å². The molecule has 142 valence electrons. The third-order valence-corrected chi connectivity index (χ3v) is 8.50. The van der Waals surface area contributed by atoms with Crippen molar-refractivity contribution in [2.75, 3.05) is 7.11 Å². The number of esters is 1. The molecule has 0 unspecified atom stereocenters. The van der Waals surface area contributed by atoms with Gasteiger partial charge in [-0.1, -0.05) is 13.8 Å². The summed E-state index contributed by atoms with van der Waals surface area (Å²) < 4.78 is 17.5. The van der Waals surface area contributed by atoms with Gasteiger partial charge in [0.15, 0.2) is 6.29 Å². The Kier molecular flexibility index (Phi) is 4.43. The molecule has 0 N–H and O–H groups in total. The fourth-order valence-electron chi connectivity index (χ4n) is 7.19. The van der Waals surface area contributed by atoms with E-state index in [2.05, 4.69) is 13.8 Å². The number of carbonyl (C=O) groups excluding carboxylic acids is 1. The minimum atomic E-state index is -0.115. The first kappa shape index (κ1) is 17.8. The van der Waals surface area contributed by atoms with Crippen molar-refractivity contribution < 1.29 is 19.0 Å². The van der Waals surface area contributed by atoms with Crippen LogP contribution in [0.15, 0.2) is 0 Å². The van der Waals surface area contributed by atoms with Gasteiger partial charge in [0.2, 0.25) is 0 Å². The van der Waals surface area contributed by atoms with Gasteiger partial charge in [-0.2, -0.15) is 0 Å². The second-order valence-corrected chi connectivity index (χ2v) is 9.51. The van der Waals surface area contributed by atoms with Crippen LogP contribution >= 0.6 is 0 Å². The fourth-order valence-corrected chi connectivity index (χ4v) is 7.19. The Morgan fingerprint density at radius 2 is 1.68 bits per heavy atom. The SMILES string of the molecule is CO[C@H]1CC[C@]2(C)[C@@H]3CC[C@@]4(C)[C@H](CC[C@H]4OC(C)=O)[C@H]3CC[C@H]2O1. The van der Waals surface area contributed by atoms with Crippen molar-refractivity contribution in [3.05, 3.63) is 0 Å². The third-order valence-electron chi connectivity index (χ3n) is 8.50. The summed E-state index contributed by atoms with van der Waals surface area (Å²) in [7, 11) is 1.76. The van der Waals surface area contributed by atoms with E-state index in [9.17, 15) is 4.79 Å². The zero-order chi connectivity index (χ0) is 17.8. The molecule has 8 atom stereocenters. The number of rotatable bonds is 2. The fraction of sp³-hybridized carbons (Fsp3) is 0.952. The highest BCUT2D eigenvalue weighted by atomic mass is 16.7. The number of hydrogen-bond acceptors (Lipinski definition) is 4. The van der Waals surface area contributed by atoms with E-state index in [-0.39, 0.29) is 23.8 Å². The maximum Gasteiger partial charge on any atom is 0.302 e. The minimum Gasteiger partial charge on any atom is -0.462 e. The zero-order valence-electron chi connectivity index (χ0n) is 16.3. The summed E-state index contributed by atoms with van der Waals surface area (Å²) in [4.78, 5) is 11.5. The second kappa shape index (κ2) is 6.23. The minimum absolute atomic E-state index is 0.0108. The van der Waals surface area contributed by atoms with Crippen molar-refractivity contribution >= 4 is 5.97 Å². The molecule has 0 spiro atoms. The summed E-state index contributed by atoms with van der Waals surface area (Å²) in [6.45, 7) is 6.42. The summed E-state index contributed by atoms with van der Waals surface area (Å²) in [6.07, 6.45) is 9.82. The standard InChI is InChI=1S/C21H34O4/c1-13(22)24-17-8-6-15-14-5-7-18-21(3,12-10-19(23-4)25-18)16(14)9-11-20(15,17)2/h14-19H,5-12H2,1-4H3/t14-,15-,16-,17-,18-,19-,20+,21-/m1/s1. The molecule has 4 rings (SSSR count). The van der Waals surface area contributed by atoms with Gasteiger partial charge in [-0.05, 0) is 74.5 Å². The largest absolute Gasteiger partial charge is 0.462 e. The van der Waals surface area contributed by atoms with Gasteiger partial charge in [-0.3, -0.25) is 4.79 Å². The normalized spacial score (nSPS) is 52.0. The maximum absolute atomic E-state index is 11.5. The topological polar surface area (TPSA) is 44.8 Å². The van der Waals surface area contributed by atoms with E-state index in [4.69, 9.17) is 14.2 Å². The van der Waals surface area contributed by atoms with Gasteiger partial charge >= 0.3 is 5.97 Å². The Hall–Kier alpha value is -0.610. The molecule has 0 aromatic heterocycles. The summed E-state index contributed by atoms with van der Waals surface area (Å²) in [5.41, 5.74) is 0.472. The van der Waals surface area contributed by atoms with E-state index in [0.717, 1.165) is 31.1 Å². The molecule has 0 radical (unpaired) electrons. The van der Waals surface area contributed by atoms with Crippen molar-refractivity contribution in [3.8, 4) is 0 Å². The van der Waals surface area contributed by atoms with Gasteiger partial charge < -0.3 is 14.2 Å². The van der Waals surface area contributed by atoms with Crippen molar-refractivity contribution in [2.24, 2.45) is 28.6 Å². The van der Waals surface area contributed by atoms with Crippen LogP contribution < -0.4 is 0 Å². The molecule has 0 amide bonds. The first-order valence-electron chi connectivity index (χ1n) is 10.2. The van der Waals surface area contributed by atoms with Crippen LogP contribution in [0.3, 0.4) is 0 Å². The average Bonchev–Trinajstić information content (AvgIpc) is 2.90. The Morgan fingerprint density at radius 1 is 0.960 bits per heavy atom. The average molecular weight is 350 g/mol. The van der Waals surface area contributed by atoms with Gasteiger partial charge in [0.25, 0.3) is 0 Å². The van der Waals surface area contributed by atoms with Crippen LogP contribution in [0.1, 0.15) is 72.1 Å². The smallest absolute Gasteiger partial charge is 0.302 e. The van der Waals surface area contributed by atoms with E-state index in [1.807, 2.05) is 0 Å². The quantitative estimate of drug-likeness (QED) is 0.696. The van der Waals surface area contributed by atoms with Crippen molar-refractivity contribution in [2.45, 2.75) is 90.6 Å². The molecule has 0 aromatic carbocycles. The van der Waals surface area contributed by atoms with Gasteiger partial charge in [0, 0.05) is 19.4 Å². The van der Waals surface area contributed by atoms with Crippen LogP contribution in [-0.2, 0) is 19.0 Å². The van der Waals surface area contributed by atoms with E-state index >= 15 is 0 Å². The number of ether oxygens (including phenoxy) is 3. The Bertz CT molecular complexity index is 534. The van der Waals surface area contributed by atoms with Crippen LogP contribution in [0.2, 0.25) is 0 Å². The highest BCUT2D eigenvalue weighted by Gasteiger charge is 2.61. The lowest BCUT2D eigenvalue weighted by molar-refractivity contribution is -0.257. The van der Waals surface area contributed by atoms with Gasteiger partial charge in [0.05, 0.1) is 6.10 Å². The Labute approximate surface area is 152 Å². The highest BCUT2D eigenvalue weighted by molar-refractivity contribution is 5.66. The van der Waals surface area contributed by atoms with E-state index in [0.29, 0.717) is 17.4 Å². The molecule has 1 saturated heterocycles. The number of methoxy groups -OCH3 is 1. The van der Waals surface area contributed by atoms with Crippen LogP contribution in [-0.4, -0.2) is 31.6 Å². The maximum atomic E-state index is 11.5. The van der Waals surface area contributed by atoms with Gasteiger partial charge in [-0.25, -0.2) is 0 Å². The van der Waals surface area contributed by atoms with Crippen LogP contribution in [0.25, 0.3) is 0 Å². The molecule has 3 saturated carbocycles. The van der Waals surface area contributed by atoms with Gasteiger partial charge in [0.1, 0.15) is 6.10 Å². The predicted molar refractivity (Wildman–Crippen MR) is 94.8 cm³/mol. The Balaban J connectivity index is 1.55. The lowest BCUT2D eigenvalue weighted by Crippen LogP contribution is -2.57. The lowest BCUT2D eigenvalue weighted by atomic mass is 9.48. The summed E-state index contributed by atoms with van der Waals surface area (Å²) >= 11 is 0. The van der Waals surface area contributed by atoms with Crippen molar-refractivity contribution in [3.63, 3.8) is 0 Å². The van der Waals surface area contributed by atoms with Crippen LogP contribution in [0.4, 0.5) is 0 Å². The number of hydrogen-bond donors (Lipinski definition) is 0. The molecule has 1 heterocycles. The first-order valence-corrected chi connectivity index (χ1v) is 10.2. The molecular formula is C21H34O4. The Morgan fingerprint density at radius 3 is 2.40 bits per heavy atom. The van der Waals surface area contributed by atoms with Crippen molar-refractivity contribution in [1.82, 2.24) is 0 Å². The molecule has 0 bridgehead atoms. The molecule has 4 fully saturated rings. The van der Waals surface area contributed by atoms with Crippen molar-refractivity contribution in [1.29, 1.82) is 0 Å². The monoisotopic (exact) mass is 350 g/mol. The molecule has 0 aromatic rings. The second-order valence-electron chi connectivity index (χ2n) is 9.51. The van der Waals surface area contributed by atoms with Crippen LogP contribution in [0.5, 0.6) is 0 Å². The zero-order valence-corrected chi connectivity index (χ0v) is 16.3. The third kappa shape index (κ3) is 2.66. The molecule has 4 heteroatoms. The van der Waals surface area contributed by atoms with E-state index in [1.165, 1.54) is 32.1 Å². The molecule has 4 nitrogen and oxygen atoms in total. The summed E-state index contributed by atoms with van der Waals surface area (Å²) in [5.74, 6) is 2.10. The molecular weight excluding hydrogens is 316 g/mol. The molecule has 1 aliphatic heterocycles. The molecule has 25 heavy (non-hydrogen) atoms. The number of carbonyl (C=O) groups is 1. The first-order chi connectivity index (χ1) is 11.9. The van der Waals surface area contributed by atoms with E-state index in [1.54, 1.807) is 14.0 Å². The number of fused-ring (bicyclic) bond motifs is 5. The van der Waals surface area contributed by atoms with Crippen LogP contribution in [0, 0.1) is 28.6 Å². The predicted octanol–water partition coefficient (Wildman–Crippen LogP) is 4.31. The summed E-state index contributed by atoms with van der Waals surface area (Å²) in [5, 5.41) is 0. The highest BCUT2D eigenvalue weighted by Crippen LogP contribution is 2.65. The lowest BCUT2D eigenvalue weighted by Gasteiger charge is -2.60. The summed E-state index contributed by atoms with van der Waals surface area (Å²) in [6, 6.07) is 0. The van der Waals surface area contributed by atoms with E-state index < -0.39 is 0 Å². The molecule has 4 aliphatic rings.